The number of benzene rings is 1. The Morgan fingerprint density at radius 3 is 3.00 bits per heavy atom. The lowest BCUT2D eigenvalue weighted by molar-refractivity contribution is -0.113. The van der Waals surface area contributed by atoms with Gasteiger partial charge in [0.05, 0.1) is 18.6 Å². The van der Waals surface area contributed by atoms with E-state index >= 15 is 0 Å². The number of nitrogens with one attached hydrogen (secondary N) is 2. The number of aromatic amines is 1. The van der Waals surface area contributed by atoms with Gasteiger partial charge in [-0.3, -0.25) is 4.79 Å². The predicted molar refractivity (Wildman–Crippen MR) is 88.4 cm³/mol. The smallest absolute Gasteiger partial charge is 0.234 e. The number of hydrogen-bond donors (Lipinski definition) is 3. The average Bonchev–Trinajstić information content (AvgIpc) is 2.98. The Bertz CT molecular complexity index is 850. The minimum Gasteiger partial charge on any atom is -0.495 e. The Hall–Kier alpha value is -2.81. The molecule has 3 aromatic rings. The molecule has 0 bridgehead atoms. The van der Waals surface area contributed by atoms with E-state index in [9.17, 15) is 4.79 Å². The number of carbonyl (C=O) groups excluding carboxylic acids is 1. The van der Waals surface area contributed by atoms with Gasteiger partial charge in [-0.25, -0.2) is 15.0 Å². The molecule has 1 amide bonds. The van der Waals surface area contributed by atoms with Gasteiger partial charge in [0.2, 0.25) is 5.91 Å². The van der Waals surface area contributed by atoms with Crippen molar-refractivity contribution < 1.29 is 9.53 Å². The maximum Gasteiger partial charge on any atom is 0.234 e. The van der Waals surface area contributed by atoms with E-state index in [1.54, 1.807) is 19.2 Å². The number of fused-ring (bicyclic) bond motifs is 1. The molecule has 0 fully saturated rings. The number of thioether (sulfide) groups is 1. The molecule has 0 unspecified atom stereocenters. The number of aromatic nitrogens is 4. The number of anilines is 2. The highest BCUT2D eigenvalue weighted by atomic mass is 32.2. The lowest BCUT2D eigenvalue weighted by Crippen LogP contribution is -2.14. The van der Waals surface area contributed by atoms with E-state index in [0.29, 0.717) is 33.6 Å². The average molecular weight is 330 g/mol. The number of ether oxygens (including phenoxy) is 1. The third-order valence-corrected chi connectivity index (χ3v) is 3.89. The summed E-state index contributed by atoms with van der Waals surface area (Å²) in [7, 11) is 1.56. The van der Waals surface area contributed by atoms with Gasteiger partial charge < -0.3 is 20.8 Å². The number of rotatable bonds is 5. The van der Waals surface area contributed by atoms with Crippen molar-refractivity contribution >= 4 is 40.3 Å². The normalized spacial score (nSPS) is 10.7. The molecule has 0 saturated carbocycles. The Morgan fingerprint density at radius 2 is 2.22 bits per heavy atom. The summed E-state index contributed by atoms with van der Waals surface area (Å²) in [5, 5.41) is 3.36. The lowest BCUT2D eigenvalue weighted by Gasteiger charge is -2.09. The molecule has 0 saturated heterocycles. The number of hydrogen-bond acceptors (Lipinski definition) is 7. The standard InChI is InChI=1S/C14H14N6O2S/c1-22-9-5-3-2-4-8(9)18-10(21)6-23-14-19-11-12(15)16-7-17-13(11)20-14/h2-5,7H,6H2,1H3,(H,18,21)(H3,15,16,17,19,20). The quantitative estimate of drug-likeness (QED) is 0.609. The van der Waals surface area contributed by atoms with Crippen LogP contribution in [0.1, 0.15) is 0 Å². The summed E-state index contributed by atoms with van der Waals surface area (Å²) >= 11 is 1.25. The molecule has 1 aromatic carbocycles. The molecule has 0 atom stereocenters. The van der Waals surface area contributed by atoms with Crippen molar-refractivity contribution in [2.75, 3.05) is 23.9 Å². The molecule has 0 radical (unpaired) electrons. The molecule has 0 aliphatic rings. The van der Waals surface area contributed by atoms with Gasteiger partial charge in [0, 0.05) is 0 Å². The van der Waals surface area contributed by atoms with Crippen LogP contribution in [-0.4, -0.2) is 38.7 Å². The lowest BCUT2D eigenvalue weighted by atomic mass is 10.3. The van der Waals surface area contributed by atoms with Gasteiger partial charge in [-0.2, -0.15) is 0 Å². The van der Waals surface area contributed by atoms with Crippen LogP contribution in [0.25, 0.3) is 11.2 Å². The maximum atomic E-state index is 12.1. The summed E-state index contributed by atoms with van der Waals surface area (Å²) in [5.41, 5.74) is 7.41. The first kappa shape index (κ1) is 15.1. The topological polar surface area (TPSA) is 119 Å². The van der Waals surface area contributed by atoms with Gasteiger partial charge >= 0.3 is 0 Å². The van der Waals surface area contributed by atoms with Crippen LogP contribution in [0.3, 0.4) is 0 Å². The molecule has 118 valence electrons. The summed E-state index contributed by atoms with van der Waals surface area (Å²) in [6, 6.07) is 7.22. The van der Waals surface area contributed by atoms with E-state index in [0.717, 1.165) is 0 Å². The first-order chi connectivity index (χ1) is 11.2. The molecule has 0 spiro atoms. The van der Waals surface area contributed by atoms with Crippen molar-refractivity contribution in [2.24, 2.45) is 0 Å². The van der Waals surface area contributed by atoms with Gasteiger partial charge in [0.15, 0.2) is 16.6 Å². The minimum absolute atomic E-state index is 0.168. The largest absolute Gasteiger partial charge is 0.495 e. The van der Waals surface area contributed by atoms with Gasteiger partial charge in [-0.15, -0.1) is 0 Å². The van der Waals surface area contributed by atoms with E-state index in [4.69, 9.17) is 10.5 Å². The molecule has 0 aliphatic carbocycles. The van der Waals surface area contributed by atoms with E-state index in [-0.39, 0.29) is 11.7 Å². The SMILES string of the molecule is COc1ccccc1NC(=O)CSc1nc2ncnc(N)c2[nH]1. The molecule has 4 N–H and O–H groups in total. The van der Waals surface area contributed by atoms with Gasteiger partial charge in [-0.05, 0) is 12.1 Å². The first-order valence-electron chi connectivity index (χ1n) is 6.69. The third-order valence-electron chi connectivity index (χ3n) is 3.02. The van der Waals surface area contributed by atoms with Crippen LogP contribution in [0.4, 0.5) is 11.5 Å². The van der Waals surface area contributed by atoms with Crippen molar-refractivity contribution in [1.29, 1.82) is 0 Å². The number of amides is 1. The molecule has 2 aromatic heterocycles. The highest BCUT2D eigenvalue weighted by Crippen LogP contribution is 2.24. The number of para-hydroxylation sites is 2. The Morgan fingerprint density at radius 1 is 1.39 bits per heavy atom. The van der Waals surface area contributed by atoms with Crippen LogP contribution < -0.4 is 15.8 Å². The highest BCUT2D eigenvalue weighted by Gasteiger charge is 2.11. The van der Waals surface area contributed by atoms with E-state index < -0.39 is 0 Å². The molecular weight excluding hydrogens is 316 g/mol. The Labute approximate surface area is 135 Å². The van der Waals surface area contributed by atoms with Crippen LogP contribution in [0.2, 0.25) is 0 Å². The van der Waals surface area contributed by atoms with Crippen LogP contribution in [-0.2, 0) is 4.79 Å². The van der Waals surface area contributed by atoms with E-state index in [2.05, 4.69) is 25.3 Å². The number of methoxy groups -OCH3 is 1. The van der Waals surface area contributed by atoms with Crippen molar-refractivity contribution in [3.05, 3.63) is 30.6 Å². The number of H-pyrrole nitrogens is 1. The summed E-state index contributed by atoms with van der Waals surface area (Å²) < 4.78 is 5.19. The maximum absolute atomic E-state index is 12.1. The number of imidazole rings is 1. The third kappa shape index (κ3) is 3.34. The van der Waals surface area contributed by atoms with Gasteiger partial charge in [0.1, 0.15) is 17.6 Å². The summed E-state index contributed by atoms with van der Waals surface area (Å²) in [5.74, 6) is 0.954. The zero-order chi connectivity index (χ0) is 16.2. The van der Waals surface area contributed by atoms with Crippen LogP contribution >= 0.6 is 11.8 Å². The van der Waals surface area contributed by atoms with E-state index in [1.807, 2.05) is 12.1 Å². The van der Waals surface area contributed by atoms with Gasteiger partial charge in [0.25, 0.3) is 0 Å². The monoisotopic (exact) mass is 330 g/mol. The molecule has 0 aliphatic heterocycles. The molecule has 8 nitrogen and oxygen atoms in total. The first-order valence-corrected chi connectivity index (χ1v) is 7.68. The zero-order valence-corrected chi connectivity index (χ0v) is 13.1. The van der Waals surface area contributed by atoms with Crippen molar-refractivity contribution in [3.8, 4) is 5.75 Å². The van der Waals surface area contributed by atoms with Crippen LogP contribution in [0.15, 0.2) is 35.7 Å². The second-order valence-corrected chi connectivity index (χ2v) is 5.50. The fourth-order valence-electron chi connectivity index (χ4n) is 1.96. The van der Waals surface area contributed by atoms with Crippen molar-refractivity contribution in [1.82, 2.24) is 19.9 Å². The molecular formula is C14H14N6O2S. The minimum atomic E-state index is -0.168. The van der Waals surface area contributed by atoms with Gasteiger partial charge in [-0.1, -0.05) is 23.9 Å². The molecule has 23 heavy (non-hydrogen) atoms. The molecule has 9 heteroatoms. The number of nitrogen functional groups attached to an aromatic ring is 1. The Balaban J connectivity index is 1.65. The Kier molecular flexibility index (Phi) is 4.29. The van der Waals surface area contributed by atoms with Crippen LogP contribution in [0.5, 0.6) is 5.75 Å². The summed E-state index contributed by atoms with van der Waals surface area (Å²) in [6.07, 6.45) is 1.35. The summed E-state index contributed by atoms with van der Waals surface area (Å²) in [4.78, 5) is 27.2. The molecule has 2 heterocycles. The number of nitrogens with zero attached hydrogens (tertiary/aromatic N) is 3. The highest BCUT2D eigenvalue weighted by molar-refractivity contribution is 7.99. The number of carbonyl (C=O) groups is 1. The zero-order valence-electron chi connectivity index (χ0n) is 12.2. The molecule has 3 rings (SSSR count). The second-order valence-electron chi connectivity index (χ2n) is 4.54. The van der Waals surface area contributed by atoms with Crippen LogP contribution in [0, 0.1) is 0 Å². The van der Waals surface area contributed by atoms with E-state index in [1.165, 1.54) is 18.1 Å². The van der Waals surface area contributed by atoms with Crippen molar-refractivity contribution in [2.45, 2.75) is 5.16 Å². The second kappa shape index (κ2) is 6.53. The fourth-order valence-corrected chi connectivity index (χ4v) is 2.63. The van der Waals surface area contributed by atoms with Crippen molar-refractivity contribution in [3.63, 3.8) is 0 Å². The predicted octanol–water partition coefficient (Wildman–Crippen LogP) is 1.67. The summed E-state index contributed by atoms with van der Waals surface area (Å²) in [6.45, 7) is 0. The number of nitrogens with two attached hydrogens (primary N) is 1. The fraction of sp³-hybridized carbons (Fsp3) is 0.143.